The maximum absolute atomic E-state index is 9.33. The zero-order valence-electron chi connectivity index (χ0n) is 9.48. The van der Waals surface area contributed by atoms with Crippen LogP contribution in [0, 0.1) is 0 Å². The molecule has 0 bridgehead atoms. The minimum Gasteiger partial charge on any atom is -0.394 e. The fourth-order valence-electron chi connectivity index (χ4n) is 1.44. The van der Waals surface area contributed by atoms with Gasteiger partial charge in [-0.3, -0.25) is 4.98 Å². The zero-order valence-corrected chi connectivity index (χ0v) is 9.48. The fraction of sp³-hybridized carbons (Fsp3) is 0.545. The van der Waals surface area contributed by atoms with Gasteiger partial charge in [0.15, 0.2) is 0 Å². The average molecular weight is 225 g/mol. The summed E-state index contributed by atoms with van der Waals surface area (Å²) in [4.78, 5) is 4.00. The van der Waals surface area contributed by atoms with Crippen molar-refractivity contribution >= 4 is 5.69 Å². The Bertz CT molecular complexity index is 318. The Hall–Kier alpha value is -1.17. The largest absolute Gasteiger partial charge is 0.394 e. The summed E-state index contributed by atoms with van der Waals surface area (Å²) in [6.45, 7) is 2.01. The Morgan fingerprint density at radius 2 is 2.12 bits per heavy atom. The summed E-state index contributed by atoms with van der Waals surface area (Å²) in [5.41, 5.74) is 6.56. The number of hydrogen-bond acceptors (Lipinski definition) is 5. The van der Waals surface area contributed by atoms with E-state index >= 15 is 0 Å². The minimum atomic E-state index is -0.715. The number of nitrogens with zero attached hydrogens (tertiary/aromatic N) is 1. The highest BCUT2D eigenvalue weighted by Gasteiger charge is 2.26. The third-order valence-corrected chi connectivity index (χ3v) is 2.81. The molecule has 0 unspecified atom stereocenters. The normalized spacial score (nSPS) is 11.5. The van der Waals surface area contributed by atoms with Gasteiger partial charge in [-0.2, -0.15) is 0 Å². The molecule has 0 saturated heterocycles. The van der Waals surface area contributed by atoms with Crippen LogP contribution in [0.3, 0.4) is 0 Å². The van der Waals surface area contributed by atoms with Gasteiger partial charge in [0.2, 0.25) is 0 Å². The second-order valence-electron chi connectivity index (χ2n) is 3.81. The fourth-order valence-corrected chi connectivity index (χ4v) is 1.44. The van der Waals surface area contributed by atoms with Crippen LogP contribution in [0.15, 0.2) is 18.5 Å². The molecule has 0 atom stereocenters. The van der Waals surface area contributed by atoms with E-state index in [4.69, 9.17) is 5.73 Å². The Morgan fingerprint density at radius 3 is 2.62 bits per heavy atom. The van der Waals surface area contributed by atoms with Crippen LogP contribution in [0.1, 0.15) is 18.9 Å². The van der Waals surface area contributed by atoms with Crippen molar-refractivity contribution in [3.8, 4) is 0 Å². The maximum atomic E-state index is 9.33. The van der Waals surface area contributed by atoms with E-state index in [1.807, 2.05) is 13.0 Å². The van der Waals surface area contributed by atoms with Crippen molar-refractivity contribution in [2.45, 2.75) is 25.4 Å². The molecule has 90 valence electrons. The zero-order chi connectivity index (χ0) is 12.0. The molecular formula is C11H19N3O2. The number of aliphatic hydroxyl groups excluding tert-OH is 2. The number of aliphatic hydroxyl groups is 2. The smallest absolute Gasteiger partial charge is 0.0832 e. The SMILES string of the molecule is CCC(CO)(CO)Nc1cnccc1CN. The van der Waals surface area contributed by atoms with Crippen molar-refractivity contribution in [2.24, 2.45) is 5.73 Å². The molecule has 1 aromatic rings. The Kier molecular flexibility index (Phi) is 4.67. The lowest BCUT2D eigenvalue weighted by Crippen LogP contribution is -2.45. The van der Waals surface area contributed by atoms with Crippen LogP contribution in [0.2, 0.25) is 0 Å². The molecule has 0 aromatic carbocycles. The quantitative estimate of drug-likeness (QED) is 0.550. The molecule has 1 aromatic heterocycles. The maximum Gasteiger partial charge on any atom is 0.0832 e. The van der Waals surface area contributed by atoms with E-state index in [1.165, 1.54) is 0 Å². The summed E-state index contributed by atoms with van der Waals surface area (Å²) in [6, 6.07) is 1.82. The molecule has 5 heteroatoms. The first kappa shape index (κ1) is 12.9. The number of anilines is 1. The Morgan fingerprint density at radius 1 is 1.44 bits per heavy atom. The standard InChI is InChI=1S/C11H19N3O2/c1-2-11(7-15,8-16)14-10-6-13-4-3-9(10)5-12/h3-4,6,14-16H,2,5,7-8,12H2,1H3. The average Bonchev–Trinajstić information content (AvgIpc) is 2.36. The van der Waals surface area contributed by atoms with E-state index in [2.05, 4.69) is 10.3 Å². The van der Waals surface area contributed by atoms with Gasteiger partial charge in [-0.25, -0.2) is 0 Å². The number of rotatable bonds is 6. The van der Waals surface area contributed by atoms with Crippen molar-refractivity contribution in [1.29, 1.82) is 0 Å². The molecule has 5 N–H and O–H groups in total. The topological polar surface area (TPSA) is 91.4 Å². The van der Waals surface area contributed by atoms with E-state index < -0.39 is 5.54 Å². The first-order valence-electron chi connectivity index (χ1n) is 5.34. The van der Waals surface area contributed by atoms with Crippen LogP contribution < -0.4 is 11.1 Å². The molecule has 0 fully saturated rings. The van der Waals surface area contributed by atoms with Gasteiger partial charge in [-0.15, -0.1) is 0 Å². The van der Waals surface area contributed by atoms with Crippen LogP contribution in [-0.4, -0.2) is 33.9 Å². The van der Waals surface area contributed by atoms with Gasteiger partial charge >= 0.3 is 0 Å². The summed E-state index contributed by atoms with van der Waals surface area (Å²) in [5.74, 6) is 0. The van der Waals surface area contributed by atoms with Crippen molar-refractivity contribution in [3.63, 3.8) is 0 Å². The Balaban J connectivity index is 2.93. The van der Waals surface area contributed by atoms with Gasteiger partial charge in [0, 0.05) is 12.7 Å². The van der Waals surface area contributed by atoms with Crippen molar-refractivity contribution in [3.05, 3.63) is 24.0 Å². The highest BCUT2D eigenvalue weighted by atomic mass is 16.3. The molecule has 0 aliphatic carbocycles. The van der Waals surface area contributed by atoms with Gasteiger partial charge in [-0.1, -0.05) is 6.92 Å². The van der Waals surface area contributed by atoms with Crippen LogP contribution in [-0.2, 0) is 6.54 Å². The number of hydrogen-bond donors (Lipinski definition) is 4. The highest BCUT2D eigenvalue weighted by molar-refractivity contribution is 5.51. The number of aromatic nitrogens is 1. The summed E-state index contributed by atoms with van der Waals surface area (Å²) < 4.78 is 0. The van der Waals surface area contributed by atoms with Gasteiger partial charge in [-0.05, 0) is 18.1 Å². The van der Waals surface area contributed by atoms with E-state index in [9.17, 15) is 10.2 Å². The molecule has 1 rings (SSSR count). The van der Waals surface area contributed by atoms with Gasteiger partial charge < -0.3 is 21.3 Å². The number of nitrogens with two attached hydrogens (primary N) is 1. The number of pyridine rings is 1. The van der Waals surface area contributed by atoms with E-state index in [0.717, 1.165) is 11.3 Å². The molecule has 1 heterocycles. The molecule has 5 nitrogen and oxygen atoms in total. The van der Waals surface area contributed by atoms with Crippen LogP contribution in [0.4, 0.5) is 5.69 Å². The number of nitrogens with one attached hydrogen (secondary N) is 1. The molecule has 0 aliphatic rings. The van der Waals surface area contributed by atoms with Crippen molar-refractivity contribution < 1.29 is 10.2 Å². The summed E-state index contributed by atoms with van der Waals surface area (Å²) in [5, 5.41) is 21.8. The van der Waals surface area contributed by atoms with Gasteiger partial charge in [0.1, 0.15) is 0 Å². The molecule has 0 aliphatic heterocycles. The van der Waals surface area contributed by atoms with E-state index in [0.29, 0.717) is 13.0 Å². The molecular weight excluding hydrogens is 206 g/mol. The van der Waals surface area contributed by atoms with Gasteiger partial charge in [0.05, 0.1) is 30.6 Å². The predicted octanol–water partition coefficient (Wildman–Crippen LogP) is 0.0856. The molecule has 16 heavy (non-hydrogen) atoms. The summed E-state index contributed by atoms with van der Waals surface area (Å²) >= 11 is 0. The monoisotopic (exact) mass is 225 g/mol. The van der Waals surface area contributed by atoms with Crippen LogP contribution >= 0.6 is 0 Å². The predicted molar refractivity (Wildman–Crippen MR) is 62.9 cm³/mol. The summed E-state index contributed by atoms with van der Waals surface area (Å²) in [6.07, 6.45) is 3.93. The first-order chi connectivity index (χ1) is 7.71. The summed E-state index contributed by atoms with van der Waals surface area (Å²) in [7, 11) is 0. The molecule has 0 radical (unpaired) electrons. The van der Waals surface area contributed by atoms with Crippen molar-refractivity contribution in [2.75, 3.05) is 18.5 Å². The molecule has 0 spiro atoms. The third kappa shape index (κ3) is 2.69. The minimum absolute atomic E-state index is 0.140. The van der Waals surface area contributed by atoms with Gasteiger partial charge in [0.25, 0.3) is 0 Å². The molecule has 0 amide bonds. The lowest BCUT2D eigenvalue weighted by atomic mass is 9.97. The second-order valence-corrected chi connectivity index (χ2v) is 3.81. The highest BCUT2D eigenvalue weighted by Crippen LogP contribution is 2.20. The van der Waals surface area contributed by atoms with E-state index in [1.54, 1.807) is 12.4 Å². The van der Waals surface area contributed by atoms with E-state index in [-0.39, 0.29) is 13.2 Å². The van der Waals surface area contributed by atoms with Crippen molar-refractivity contribution in [1.82, 2.24) is 4.98 Å². The first-order valence-corrected chi connectivity index (χ1v) is 5.34. The molecule has 0 saturated carbocycles. The lowest BCUT2D eigenvalue weighted by Gasteiger charge is -2.31. The second kappa shape index (κ2) is 5.79. The van der Waals surface area contributed by atoms with Crippen LogP contribution in [0.25, 0.3) is 0 Å². The third-order valence-electron chi connectivity index (χ3n) is 2.81. The Labute approximate surface area is 95.3 Å². The van der Waals surface area contributed by atoms with Crippen LogP contribution in [0.5, 0.6) is 0 Å². The lowest BCUT2D eigenvalue weighted by molar-refractivity contribution is 0.132.